The zero-order valence-corrected chi connectivity index (χ0v) is 16.2. The van der Waals surface area contributed by atoms with Crippen molar-refractivity contribution < 1.29 is 13.2 Å². The van der Waals surface area contributed by atoms with Crippen molar-refractivity contribution in [2.24, 2.45) is 0 Å². The summed E-state index contributed by atoms with van der Waals surface area (Å²) in [4.78, 5) is 9.48. The molecule has 0 aliphatic carbocycles. The maximum Gasteiger partial charge on any atom is 0.208 e. The van der Waals surface area contributed by atoms with E-state index in [1.807, 2.05) is 25.2 Å². The Labute approximate surface area is 158 Å². The van der Waals surface area contributed by atoms with Crippen LogP contribution in [0.3, 0.4) is 0 Å². The molecule has 1 atom stereocenters. The lowest BCUT2D eigenvalue weighted by atomic mass is 10.1. The molecule has 0 fully saturated rings. The van der Waals surface area contributed by atoms with Crippen molar-refractivity contribution >= 4 is 37.8 Å². The SMILES string of the molecule is CNc1nc2ccccc2c2c1nc1n2[C@@H](CCCNS(C)(=O)=O)COC1. The minimum atomic E-state index is -3.17. The third kappa shape index (κ3) is 3.50. The normalized spacial score (nSPS) is 17.3. The predicted molar refractivity (Wildman–Crippen MR) is 105 cm³/mol. The summed E-state index contributed by atoms with van der Waals surface area (Å²) in [5, 5.41) is 4.21. The molecule has 0 amide bonds. The van der Waals surface area contributed by atoms with Gasteiger partial charge in [-0.3, -0.25) is 0 Å². The molecule has 2 N–H and O–H groups in total. The Morgan fingerprint density at radius 1 is 1.30 bits per heavy atom. The molecule has 0 spiro atoms. The smallest absolute Gasteiger partial charge is 0.208 e. The van der Waals surface area contributed by atoms with Crippen molar-refractivity contribution in [3.8, 4) is 0 Å². The van der Waals surface area contributed by atoms with Crippen molar-refractivity contribution in [3.05, 3.63) is 30.1 Å². The van der Waals surface area contributed by atoms with Gasteiger partial charge in [0.05, 0.1) is 29.9 Å². The van der Waals surface area contributed by atoms with Gasteiger partial charge in [-0.1, -0.05) is 18.2 Å². The maximum atomic E-state index is 11.3. The van der Waals surface area contributed by atoms with E-state index >= 15 is 0 Å². The highest BCUT2D eigenvalue weighted by atomic mass is 32.2. The molecular formula is C18H23N5O3S. The Bertz CT molecular complexity index is 1090. The maximum absolute atomic E-state index is 11.3. The van der Waals surface area contributed by atoms with Crippen LogP contribution in [0.2, 0.25) is 0 Å². The molecule has 9 heteroatoms. The minimum Gasteiger partial charge on any atom is -0.371 e. The number of aromatic nitrogens is 3. The second-order valence-corrected chi connectivity index (χ2v) is 8.63. The second kappa shape index (κ2) is 7.06. The molecule has 0 saturated heterocycles. The first-order chi connectivity index (χ1) is 13.0. The molecule has 0 bridgehead atoms. The summed E-state index contributed by atoms with van der Waals surface area (Å²) >= 11 is 0. The van der Waals surface area contributed by atoms with Gasteiger partial charge in [-0.25, -0.2) is 23.1 Å². The van der Waals surface area contributed by atoms with Crippen LogP contribution in [0.15, 0.2) is 24.3 Å². The van der Waals surface area contributed by atoms with Crippen molar-refractivity contribution in [1.29, 1.82) is 0 Å². The van der Waals surface area contributed by atoms with Crippen LogP contribution >= 0.6 is 0 Å². The van der Waals surface area contributed by atoms with Crippen LogP contribution in [0.25, 0.3) is 21.9 Å². The number of benzene rings is 1. The van der Waals surface area contributed by atoms with Gasteiger partial charge in [0.1, 0.15) is 17.9 Å². The number of fused-ring (bicyclic) bond motifs is 5. The van der Waals surface area contributed by atoms with Gasteiger partial charge in [-0.05, 0) is 18.9 Å². The first-order valence-corrected chi connectivity index (χ1v) is 10.9. The molecule has 4 rings (SSSR count). The fourth-order valence-corrected chi connectivity index (χ4v) is 4.20. The molecule has 27 heavy (non-hydrogen) atoms. The lowest BCUT2D eigenvalue weighted by Crippen LogP contribution is -2.27. The molecule has 8 nitrogen and oxygen atoms in total. The van der Waals surface area contributed by atoms with E-state index in [1.165, 1.54) is 6.26 Å². The summed E-state index contributed by atoms with van der Waals surface area (Å²) < 4.78 is 33.1. The van der Waals surface area contributed by atoms with Crippen LogP contribution in [0.1, 0.15) is 24.7 Å². The monoisotopic (exact) mass is 389 g/mol. The van der Waals surface area contributed by atoms with E-state index in [0.717, 1.165) is 46.4 Å². The van der Waals surface area contributed by atoms with Crippen molar-refractivity contribution in [1.82, 2.24) is 19.3 Å². The molecule has 3 aromatic rings. The fourth-order valence-electron chi connectivity index (χ4n) is 3.68. The second-order valence-electron chi connectivity index (χ2n) is 6.80. The van der Waals surface area contributed by atoms with E-state index in [-0.39, 0.29) is 6.04 Å². The summed E-state index contributed by atoms with van der Waals surface area (Å²) in [6.45, 7) is 1.47. The van der Waals surface area contributed by atoms with Gasteiger partial charge in [-0.2, -0.15) is 0 Å². The van der Waals surface area contributed by atoms with Gasteiger partial charge >= 0.3 is 0 Å². The van der Waals surface area contributed by atoms with E-state index < -0.39 is 10.0 Å². The Hall–Kier alpha value is -2.23. The number of nitrogens with one attached hydrogen (secondary N) is 2. The van der Waals surface area contributed by atoms with E-state index in [4.69, 9.17) is 9.72 Å². The molecule has 0 radical (unpaired) electrons. The largest absolute Gasteiger partial charge is 0.371 e. The van der Waals surface area contributed by atoms with Crippen LogP contribution in [-0.2, 0) is 21.4 Å². The van der Waals surface area contributed by atoms with Gasteiger partial charge < -0.3 is 14.6 Å². The van der Waals surface area contributed by atoms with Gasteiger partial charge in [0.2, 0.25) is 10.0 Å². The Kier molecular flexibility index (Phi) is 4.75. The zero-order valence-electron chi connectivity index (χ0n) is 15.4. The third-order valence-corrected chi connectivity index (χ3v) is 5.55. The highest BCUT2D eigenvalue weighted by molar-refractivity contribution is 7.88. The number of anilines is 1. The van der Waals surface area contributed by atoms with Crippen LogP contribution in [-0.4, -0.2) is 49.4 Å². The van der Waals surface area contributed by atoms with Crippen LogP contribution < -0.4 is 10.0 Å². The quantitative estimate of drug-likeness (QED) is 0.626. The van der Waals surface area contributed by atoms with Crippen LogP contribution in [0.4, 0.5) is 5.82 Å². The summed E-state index contributed by atoms with van der Waals surface area (Å²) in [7, 11) is -1.32. The molecule has 0 unspecified atom stereocenters. The molecule has 3 heterocycles. The van der Waals surface area contributed by atoms with E-state index in [2.05, 4.69) is 25.7 Å². The minimum absolute atomic E-state index is 0.107. The number of hydrogen-bond donors (Lipinski definition) is 2. The van der Waals surface area contributed by atoms with Gasteiger partial charge in [0.25, 0.3) is 0 Å². The molecule has 0 saturated carbocycles. The van der Waals surface area contributed by atoms with Gasteiger partial charge in [0.15, 0.2) is 5.82 Å². The zero-order chi connectivity index (χ0) is 19.0. The number of sulfonamides is 1. The Morgan fingerprint density at radius 3 is 2.89 bits per heavy atom. The van der Waals surface area contributed by atoms with Crippen molar-refractivity contribution in [2.45, 2.75) is 25.5 Å². The summed E-state index contributed by atoms with van der Waals surface area (Å²) in [5.74, 6) is 1.63. The van der Waals surface area contributed by atoms with Crippen molar-refractivity contribution in [2.75, 3.05) is 31.8 Å². The molecule has 1 aromatic carbocycles. The first kappa shape index (κ1) is 18.1. The van der Waals surface area contributed by atoms with Crippen LogP contribution in [0, 0.1) is 0 Å². The number of pyridine rings is 1. The lowest BCUT2D eigenvalue weighted by Gasteiger charge is -2.26. The number of ether oxygens (including phenoxy) is 1. The Morgan fingerprint density at radius 2 is 2.11 bits per heavy atom. The number of imidazole rings is 1. The topological polar surface area (TPSA) is 98.1 Å². The number of nitrogens with zero attached hydrogens (tertiary/aromatic N) is 3. The molecule has 1 aliphatic heterocycles. The number of hydrogen-bond acceptors (Lipinski definition) is 6. The average Bonchev–Trinajstić information content (AvgIpc) is 3.04. The van der Waals surface area contributed by atoms with Gasteiger partial charge in [0, 0.05) is 19.0 Å². The number of rotatable bonds is 6. The molecular weight excluding hydrogens is 366 g/mol. The summed E-state index contributed by atoms with van der Waals surface area (Å²) in [6.07, 6.45) is 2.70. The molecule has 2 aromatic heterocycles. The molecule has 1 aliphatic rings. The highest BCUT2D eigenvalue weighted by Gasteiger charge is 2.26. The van der Waals surface area contributed by atoms with E-state index in [9.17, 15) is 8.42 Å². The Balaban J connectivity index is 1.76. The average molecular weight is 389 g/mol. The lowest BCUT2D eigenvalue weighted by molar-refractivity contribution is 0.0534. The van der Waals surface area contributed by atoms with E-state index in [0.29, 0.717) is 19.8 Å². The van der Waals surface area contributed by atoms with Crippen molar-refractivity contribution in [3.63, 3.8) is 0 Å². The van der Waals surface area contributed by atoms with Crippen LogP contribution in [0.5, 0.6) is 0 Å². The van der Waals surface area contributed by atoms with E-state index in [1.54, 1.807) is 0 Å². The third-order valence-electron chi connectivity index (χ3n) is 4.82. The molecule has 144 valence electrons. The first-order valence-electron chi connectivity index (χ1n) is 8.97. The summed E-state index contributed by atoms with van der Waals surface area (Å²) in [5.41, 5.74) is 2.82. The fraction of sp³-hybridized carbons (Fsp3) is 0.444. The standard InChI is InChI=1S/C18H23N5O3S/c1-19-18-16-17(13-7-3-4-8-14(13)21-18)23-12(10-26-11-15(23)22-16)6-5-9-20-27(2,24)25/h3-4,7-8,12,20H,5-6,9-11H2,1-2H3,(H,19,21)/t12-/m0/s1. The summed E-state index contributed by atoms with van der Waals surface area (Å²) in [6, 6.07) is 8.16. The van der Waals surface area contributed by atoms with Gasteiger partial charge in [-0.15, -0.1) is 0 Å². The highest BCUT2D eigenvalue weighted by Crippen LogP contribution is 2.35. The number of para-hydroxylation sites is 1. The predicted octanol–water partition coefficient (Wildman–Crippen LogP) is 2.03.